The highest BCUT2D eigenvalue weighted by atomic mass is 16.5. The molecule has 9 nitrogen and oxygen atoms in total. The maximum atomic E-state index is 13.5. The van der Waals surface area contributed by atoms with Crippen molar-refractivity contribution >= 4 is 18.9 Å². The van der Waals surface area contributed by atoms with E-state index in [-0.39, 0.29) is 24.2 Å². The average Bonchev–Trinajstić information content (AvgIpc) is 2.90. The second-order valence-electron chi connectivity index (χ2n) is 10.1. The number of amides is 2. The van der Waals surface area contributed by atoms with Crippen LogP contribution in [0.1, 0.15) is 43.4 Å². The zero-order valence-corrected chi connectivity index (χ0v) is 22.8. The largest absolute Gasteiger partial charge is 0.493 e. The Balaban J connectivity index is 1.82. The van der Waals surface area contributed by atoms with Gasteiger partial charge in [0.05, 0.1) is 27.3 Å². The van der Waals surface area contributed by atoms with Crippen molar-refractivity contribution in [1.82, 2.24) is 10.6 Å². The number of rotatable bonds is 12. The van der Waals surface area contributed by atoms with Gasteiger partial charge in [-0.2, -0.15) is 0 Å². The molecule has 3 rings (SSSR count). The predicted octanol–water partition coefficient (Wildman–Crippen LogP) is 2.09. The first-order chi connectivity index (χ1) is 18.2. The third kappa shape index (κ3) is 7.20. The van der Waals surface area contributed by atoms with Gasteiger partial charge in [-0.25, -0.2) is 0 Å². The molecule has 0 heterocycles. The van der Waals surface area contributed by atoms with Crippen LogP contribution in [0.15, 0.2) is 36.4 Å². The number of fused-ring (bicyclic) bond motifs is 1. The Kier molecular flexibility index (Phi) is 10.4. The van der Waals surface area contributed by atoms with E-state index >= 15 is 0 Å². The van der Waals surface area contributed by atoms with E-state index in [1.54, 1.807) is 21.3 Å². The van der Waals surface area contributed by atoms with E-state index in [0.717, 1.165) is 16.7 Å². The standard InChI is InChI=1S/C28H39BN2O7/c1-17(2)13-24(29(34)35)31-28(33)22(14-18-9-7-6-8-10-18)30-27(32)20-12-11-19-16-23(36-3)26(38-5)25(37-4)21(19)15-20/h6-10,16-17,20,22,24,34-35H,11-15H2,1-5H3,(H,30,32)(H,31,33)/t20?,22-,24-/m0/s1. The molecule has 4 N–H and O–H groups in total. The molecule has 3 atom stereocenters. The van der Waals surface area contributed by atoms with Gasteiger partial charge in [-0.05, 0) is 48.8 Å². The van der Waals surface area contributed by atoms with Crippen molar-refractivity contribution in [2.45, 2.75) is 57.9 Å². The quantitative estimate of drug-likeness (QED) is 0.312. The van der Waals surface area contributed by atoms with Crippen molar-refractivity contribution in [3.8, 4) is 17.2 Å². The highest BCUT2D eigenvalue weighted by molar-refractivity contribution is 6.43. The van der Waals surface area contributed by atoms with Crippen molar-refractivity contribution in [3.05, 3.63) is 53.1 Å². The molecule has 0 bridgehead atoms. The van der Waals surface area contributed by atoms with E-state index in [0.29, 0.717) is 42.9 Å². The first kappa shape index (κ1) is 29.3. The van der Waals surface area contributed by atoms with Gasteiger partial charge < -0.3 is 34.9 Å². The minimum atomic E-state index is -1.70. The molecule has 0 radical (unpaired) electrons. The van der Waals surface area contributed by atoms with Crippen LogP contribution in [0.2, 0.25) is 0 Å². The highest BCUT2D eigenvalue weighted by Gasteiger charge is 2.34. The minimum Gasteiger partial charge on any atom is -0.493 e. The Morgan fingerprint density at radius 2 is 1.71 bits per heavy atom. The number of benzene rings is 2. The van der Waals surface area contributed by atoms with Crippen molar-refractivity contribution < 1.29 is 33.8 Å². The normalized spacial score (nSPS) is 16.2. The lowest BCUT2D eigenvalue weighted by Gasteiger charge is -2.29. The predicted molar refractivity (Wildman–Crippen MR) is 145 cm³/mol. The molecule has 1 aliphatic carbocycles. The van der Waals surface area contributed by atoms with E-state index in [1.807, 2.05) is 50.2 Å². The Bertz CT molecular complexity index is 1090. The summed E-state index contributed by atoms with van der Waals surface area (Å²) in [5.74, 6) is -0.179. The smallest absolute Gasteiger partial charge is 0.475 e. The Hall–Kier alpha value is -3.24. The maximum Gasteiger partial charge on any atom is 0.475 e. The molecule has 0 saturated carbocycles. The van der Waals surface area contributed by atoms with Gasteiger partial charge >= 0.3 is 7.12 Å². The van der Waals surface area contributed by atoms with Gasteiger partial charge in [0.15, 0.2) is 11.5 Å². The minimum absolute atomic E-state index is 0.136. The van der Waals surface area contributed by atoms with E-state index in [1.165, 1.54) is 0 Å². The van der Waals surface area contributed by atoms with Gasteiger partial charge in [-0.1, -0.05) is 44.2 Å². The van der Waals surface area contributed by atoms with Crippen LogP contribution in [-0.4, -0.2) is 62.3 Å². The number of ether oxygens (including phenoxy) is 3. The van der Waals surface area contributed by atoms with Crippen LogP contribution in [0, 0.1) is 11.8 Å². The van der Waals surface area contributed by atoms with Crippen LogP contribution in [0.5, 0.6) is 17.2 Å². The topological polar surface area (TPSA) is 126 Å². The molecule has 0 spiro atoms. The van der Waals surface area contributed by atoms with Gasteiger partial charge in [0, 0.05) is 17.9 Å². The molecule has 2 amide bonds. The lowest BCUT2D eigenvalue weighted by molar-refractivity contribution is -0.131. The first-order valence-corrected chi connectivity index (χ1v) is 13.0. The third-order valence-electron chi connectivity index (χ3n) is 6.94. The second kappa shape index (κ2) is 13.5. The summed E-state index contributed by atoms with van der Waals surface area (Å²) in [6.45, 7) is 3.87. The van der Waals surface area contributed by atoms with Gasteiger partial charge in [0.2, 0.25) is 17.6 Å². The third-order valence-corrected chi connectivity index (χ3v) is 6.94. The van der Waals surface area contributed by atoms with Crippen LogP contribution in [0.25, 0.3) is 0 Å². The molecule has 2 aromatic carbocycles. The summed E-state index contributed by atoms with van der Waals surface area (Å²) in [4.78, 5) is 26.8. The number of hydrogen-bond acceptors (Lipinski definition) is 7. The first-order valence-electron chi connectivity index (χ1n) is 13.0. The van der Waals surface area contributed by atoms with Crippen molar-refractivity contribution in [1.29, 1.82) is 0 Å². The molecule has 38 heavy (non-hydrogen) atoms. The van der Waals surface area contributed by atoms with Crippen molar-refractivity contribution in [3.63, 3.8) is 0 Å². The van der Waals surface area contributed by atoms with E-state index < -0.39 is 25.0 Å². The van der Waals surface area contributed by atoms with Crippen molar-refractivity contribution in [2.24, 2.45) is 11.8 Å². The highest BCUT2D eigenvalue weighted by Crippen LogP contribution is 2.45. The number of hydrogen-bond donors (Lipinski definition) is 4. The van der Waals surface area contributed by atoms with Gasteiger partial charge in [-0.15, -0.1) is 0 Å². The second-order valence-corrected chi connectivity index (χ2v) is 10.1. The van der Waals surface area contributed by atoms with Gasteiger partial charge in [0.1, 0.15) is 6.04 Å². The molecular weight excluding hydrogens is 487 g/mol. The molecule has 10 heteroatoms. The maximum absolute atomic E-state index is 13.5. The molecule has 0 aliphatic heterocycles. The summed E-state index contributed by atoms with van der Waals surface area (Å²) < 4.78 is 16.6. The summed E-state index contributed by atoms with van der Waals surface area (Å²) in [7, 11) is 2.97. The van der Waals surface area contributed by atoms with Crippen LogP contribution < -0.4 is 24.8 Å². The summed E-state index contributed by atoms with van der Waals surface area (Å²) >= 11 is 0. The van der Waals surface area contributed by atoms with Crippen LogP contribution >= 0.6 is 0 Å². The van der Waals surface area contributed by atoms with Gasteiger partial charge in [-0.3, -0.25) is 9.59 Å². The fraction of sp³-hybridized carbons (Fsp3) is 0.500. The molecule has 0 fully saturated rings. The fourth-order valence-corrected chi connectivity index (χ4v) is 5.01. The zero-order valence-electron chi connectivity index (χ0n) is 22.8. The molecule has 0 saturated heterocycles. The molecular formula is C28H39BN2O7. The number of carbonyl (C=O) groups excluding carboxylic acids is 2. The monoisotopic (exact) mass is 526 g/mol. The summed E-state index contributed by atoms with van der Waals surface area (Å²) in [6, 6.07) is 10.4. The molecule has 2 aromatic rings. The Morgan fingerprint density at radius 3 is 2.29 bits per heavy atom. The molecule has 0 aromatic heterocycles. The Labute approximate surface area is 225 Å². The summed E-state index contributed by atoms with van der Waals surface area (Å²) in [5, 5.41) is 25.3. The Morgan fingerprint density at radius 1 is 1.03 bits per heavy atom. The molecule has 1 aliphatic rings. The lowest BCUT2D eigenvalue weighted by atomic mass is 9.75. The average molecular weight is 526 g/mol. The van der Waals surface area contributed by atoms with Gasteiger partial charge in [0.25, 0.3) is 0 Å². The van der Waals surface area contributed by atoms with Crippen LogP contribution in [0.3, 0.4) is 0 Å². The number of methoxy groups -OCH3 is 3. The number of aryl methyl sites for hydroxylation is 1. The van der Waals surface area contributed by atoms with Crippen LogP contribution in [0.4, 0.5) is 0 Å². The zero-order chi connectivity index (χ0) is 27.8. The van der Waals surface area contributed by atoms with E-state index in [4.69, 9.17) is 14.2 Å². The van der Waals surface area contributed by atoms with E-state index in [9.17, 15) is 19.6 Å². The summed E-state index contributed by atoms with van der Waals surface area (Å²) in [5.41, 5.74) is 2.81. The fourth-order valence-electron chi connectivity index (χ4n) is 5.01. The SMILES string of the molecule is COc1cc2c(c(OC)c1OC)CC(C(=O)N[C@@H](Cc1ccccc1)C(=O)N[C@@H](CC(C)C)B(O)O)CC2. The van der Waals surface area contributed by atoms with E-state index in [2.05, 4.69) is 10.6 Å². The molecule has 206 valence electrons. The van der Waals surface area contributed by atoms with Crippen LogP contribution in [-0.2, 0) is 28.9 Å². The number of carbonyl (C=O) groups is 2. The number of nitrogens with one attached hydrogen (secondary N) is 2. The lowest BCUT2D eigenvalue weighted by Crippen LogP contribution is -2.55. The molecule has 1 unspecified atom stereocenters. The van der Waals surface area contributed by atoms with Crippen molar-refractivity contribution in [2.75, 3.05) is 21.3 Å². The summed E-state index contributed by atoms with van der Waals surface area (Å²) in [6.07, 6.45) is 2.33.